The van der Waals surface area contributed by atoms with Crippen LogP contribution in [0.25, 0.3) is 0 Å². The molecule has 0 aliphatic heterocycles. The Balaban J connectivity index is 3.17. The summed E-state index contributed by atoms with van der Waals surface area (Å²) in [7, 11) is 0. The third kappa shape index (κ3) is 3.44. The molecule has 0 radical (unpaired) electrons. The minimum absolute atomic E-state index is 0.341. The molecule has 9 heteroatoms. The number of halogens is 7. The number of ether oxygens (including phenoxy) is 1. The standard InChI is InChI=1S/C7H2BrClF5NO/c8-5-4(9)3(16-7(12,13)14)1-2(15-5)6(10)11/h1,6H. The van der Waals surface area contributed by atoms with Crippen LogP contribution in [-0.4, -0.2) is 11.3 Å². The van der Waals surface area contributed by atoms with Gasteiger partial charge in [-0.15, -0.1) is 13.2 Å². The molecule has 0 saturated carbocycles. The highest BCUT2D eigenvalue weighted by atomic mass is 79.9. The lowest BCUT2D eigenvalue weighted by Gasteiger charge is -2.12. The zero-order valence-electron chi connectivity index (χ0n) is 7.16. The predicted molar refractivity (Wildman–Crippen MR) is 48.6 cm³/mol. The lowest BCUT2D eigenvalue weighted by Crippen LogP contribution is -2.17. The normalized spacial score (nSPS) is 12.0. The van der Waals surface area contributed by atoms with Crippen molar-refractivity contribution in [1.82, 2.24) is 4.98 Å². The second-order valence-electron chi connectivity index (χ2n) is 2.50. The number of pyridine rings is 1. The molecule has 1 heterocycles. The monoisotopic (exact) mass is 325 g/mol. The second-order valence-corrected chi connectivity index (χ2v) is 3.63. The summed E-state index contributed by atoms with van der Waals surface area (Å²) in [6.07, 6.45) is -8.03. The molecule has 0 fully saturated rings. The summed E-state index contributed by atoms with van der Waals surface area (Å²) in [5, 5.41) is -0.526. The number of aromatic nitrogens is 1. The molecule has 90 valence electrons. The number of alkyl halides is 5. The summed E-state index contributed by atoms with van der Waals surface area (Å²) in [5.41, 5.74) is -0.865. The summed E-state index contributed by atoms with van der Waals surface area (Å²) in [5.74, 6) is -0.925. The van der Waals surface area contributed by atoms with Gasteiger partial charge >= 0.3 is 6.36 Å². The average molecular weight is 326 g/mol. The smallest absolute Gasteiger partial charge is 0.404 e. The van der Waals surface area contributed by atoms with Crippen LogP contribution >= 0.6 is 27.5 Å². The number of hydrogen-bond acceptors (Lipinski definition) is 2. The first-order valence-electron chi connectivity index (χ1n) is 3.60. The summed E-state index contributed by atoms with van der Waals surface area (Å²) >= 11 is 8.05. The number of rotatable bonds is 2. The van der Waals surface area contributed by atoms with Gasteiger partial charge in [-0.05, 0) is 15.9 Å². The van der Waals surface area contributed by atoms with Gasteiger partial charge in [0, 0.05) is 6.07 Å². The molecule has 0 aliphatic rings. The Morgan fingerprint density at radius 3 is 2.38 bits per heavy atom. The van der Waals surface area contributed by atoms with Gasteiger partial charge in [-0.25, -0.2) is 13.8 Å². The Morgan fingerprint density at radius 2 is 1.94 bits per heavy atom. The zero-order chi connectivity index (χ0) is 12.5. The number of hydrogen-bond donors (Lipinski definition) is 0. The lowest BCUT2D eigenvalue weighted by molar-refractivity contribution is -0.274. The van der Waals surface area contributed by atoms with Gasteiger partial charge in [0.2, 0.25) is 0 Å². The molecule has 0 saturated heterocycles. The van der Waals surface area contributed by atoms with E-state index in [1.165, 1.54) is 0 Å². The first-order chi connectivity index (χ1) is 7.20. The third-order valence-corrected chi connectivity index (χ3v) is 2.52. The molecule has 0 unspecified atom stereocenters. The predicted octanol–water partition coefficient (Wildman–Crippen LogP) is 4.33. The van der Waals surface area contributed by atoms with Crippen LogP contribution in [0.4, 0.5) is 22.0 Å². The van der Waals surface area contributed by atoms with Crippen LogP contribution in [0, 0.1) is 0 Å². The maximum Gasteiger partial charge on any atom is 0.573 e. The van der Waals surface area contributed by atoms with Crippen molar-refractivity contribution in [3.05, 3.63) is 21.4 Å². The van der Waals surface area contributed by atoms with Crippen molar-refractivity contribution < 1.29 is 26.7 Å². The minimum Gasteiger partial charge on any atom is -0.404 e. The van der Waals surface area contributed by atoms with Crippen molar-refractivity contribution >= 4 is 27.5 Å². The molecule has 0 N–H and O–H groups in total. The Bertz CT molecular complexity index is 397. The van der Waals surface area contributed by atoms with Crippen molar-refractivity contribution in [3.8, 4) is 5.75 Å². The molecule has 1 aromatic rings. The van der Waals surface area contributed by atoms with Gasteiger partial charge < -0.3 is 4.74 Å². The second kappa shape index (κ2) is 4.70. The van der Waals surface area contributed by atoms with Gasteiger partial charge in [-0.3, -0.25) is 0 Å². The molecular weight excluding hydrogens is 324 g/mol. The van der Waals surface area contributed by atoms with E-state index in [1.807, 2.05) is 0 Å². The van der Waals surface area contributed by atoms with Crippen molar-refractivity contribution in [2.45, 2.75) is 12.8 Å². The average Bonchev–Trinajstić information content (AvgIpc) is 2.10. The third-order valence-electron chi connectivity index (χ3n) is 1.35. The molecule has 2 nitrogen and oxygen atoms in total. The van der Waals surface area contributed by atoms with E-state index < -0.39 is 29.3 Å². The fourth-order valence-electron chi connectivity index (χ4n) is 0.805. The maximum atomic E-state index is 12.2. The fraction of sp³-hybridized carbons (Fsp3) is 0.286. The van der Waals surface area contributed by atoms with Gasteiger partial charge in [0.1, 0.15) is 15.3 Å². The van der Waals surface area contributed by atoms with Crippen molar-refractivity contribution in [3.63, 3.8) is 0 Å². The lowest BCUT2D eigenvalue weighted by atomic mass is 10.3. The summed E-state index contributed by atoms with van der Waals surface area (Å²) in [6, 6.07) is 0.436. The minimum atomic E-state index is -5.01. The molecule has 0 aromatic carbocycles. The molecule has 0 spiro atoms. The quantitative estimate of drug-likeness (QED) is 0.596. The number of nitrogens with zero attached hydrogens (tertiary/aromatic N) is 1. The van der Waals surface area contributed by atoms with Gasteiger partial charge in [0.05, 0.1) is 0 Å². The summed E-state index contributed by atoms with van der Waals surface area (Å²) < 4.78 is 63.2. The first kappa shape index (κ1) is 13.4. The van der Waals surface area contributed by atoms with Crippen molar-refractivity contribution in [2.24, 2.45) is 0 Å². The highest BCUT2D eigenvalue weighted by Gasteiger charge is 2.33. The van der Waals surface area contributed by atoms with Crippen LogP contribution in [-0.2, 0) is 0 Å². The largest absolute Gasteiger partial charge is 0.573 e. The molecule has 16 heavy (non-hydrogen) atoms. The molecule has 1 rings (SSSR count). The Morgan fingerprint density at radius 1 is 1.38 bits per heavy atom. The molecule has 0 bridgehead atoms. The van der Waals surface area contributed by atoms with Crippen LogP contribution in [0.3, 0.4) is 0 Å². The van der Waals surface area contributed by atoms with Crippen molar-refractivity contribution in [1.29, 1.82) is 0 Å². The van der Waals surface area contributed by atoms with E-state index in [9.17, 15) is 22.0 Å². The molecule has 0 amide bonds. The topological polar surface area (TPSA) is 22.1 Å². The zero-order valence-corrected chi connectivity index (χ0v) is 9.50. The van der Waals surface area contributed by atoms with Crippen LogP contribution in [0.5, 0.6) is 5.75 Å². The van der Waals surface area contributed by atoms with E-state index >= 15 is 0 Å². The van der Waals surface area contributed by atoms with E-state index in [2.05, 4.69) is 25.7 Å². The van der Waals surface area contributed by atoms with E-state index in [-0.39, 0.29) is 4.60 Å². The highest BCUT2D eigenvalue weighted by molar-refractivity contribution is 9.10. The maximum absolute atomic E-state index is 12.2. The Labute approximate surface area is 99.5 Å². The van der Waals surface area contributed by atoms with Gasteiger partial charge in [-0.2, -0.15) is 0 Å². The van der Waals surface area contributed by atoms with Crippen LogP contribution in [0.1, 0.15) is 12.1 Å². The molecular formula is C7H2BrClF5NO. The van der Waals surface area contributed by atoms with E-state index in [4.69, 9.17) is 11.6 Å². The first-order valence-corrected chi connectivity index (χ1v) is 4.77. The molecule has 0 aliphatic carbocycles. The Hall–Kier alpha value is -0.630. The van der Waals surface area contributed by atoms with Crippen LogP contribution < -0.4 is 4.74 Å². The van der Waals surface area contributed by atoms with Gasteiger partial charge in [-0.1, -0.05) is 11.6 Å². The van der Waals surface area contributed by atoms with Crippen molar-refractivity contribution in [2.75, 3.05) is 0 Å². The fourth-order valence-corrected chi connectivity index (χ4v) is 1.34. The summed E-state index contributed by atoms with van der Waals surface area (Å²) in [6.45, 7) is 0. The van der Waals surface area contributed by atoms with Gasteiger partial charge in [0.15, 0.2) is 5.75 Å². The highest BCUT2D eigenvalue weighted by Crippen LogP contribution is 2.36. The van der Waals surface area contributed by atoms with E-state index in [0.717, 1.165) is 0 Å². The van der Waals surface area contributed by atoms with E-state index in [1.54, 1.807) is 0 Å². The molecule has 0 atom stereocenters. The SMILES string of the molecule is FC(F)c1cc(OC(F)(F)F)c(Cl)c(Br)n1. The van der Waals surface area contributed by atoms with Crippen LogP contribution in [0.2, 0.25) is 5.02 Å². The van der Waals surface area contributed by atoms with Crippen LogP contribution in [0.15, 0.2) is 10.7 Å². The van der Waals surface area contributed by atoms with Gasteiger partial charge in [0.25, 0.3) is 6.43 Å². The van der Waals surface area contributed by atoms with E-state index in [0.29, 0.717) is 6.07 Å². The molecule has 1 aromatic heterocycles. The Kier molecular flexibility index (Phi) is 3.95. The summed E-state index contributed by atoms with van der Waals surface area (Å²) in [4.78, 5) is 3.25.